The van der Waals surface area contributed by atoms with Crippen molar-refractivity contribution >= 4 is 11.9 Å². The fourth-order valence-corrected chi connectivity index (χ4v) is 7.33. The van der Waals surface area contributed by atoms with Crippen LogP contribution in [-0.2, 0) is 9.47 Å². The molecule has 0 unspecified atom stereocenters. The van der Waals surface area contributed by atoms with Crippen molar-refractivity contribution in [2.75, 3.05) is 13.2 Å². The van der Waals surface area contributed by atoms with Gasteiger partial charge >= 0.3 is 11.9 Å². The Morgan fingerprint density at radius 2 is 0.519 bits per heavy atom. The van der Waals surface area contributed by atoms with E-state index in [1.165, 1.54) is 205 Å². The first kappa shape index (κ1) is 48.2. The van der Waals surface area contributed by atoms with Gasteiger partial charge in [0.05, 0.1) is 24.3 Å². The van der Waals surface area contributed by atoms with E-state index in [0.29, 0.717) is 24.3 Å². The molecule has 0 saturated heterocycles. The van der Waals surface area contributed by atoms with Crippen LogP contribution in [0.25, 0.3) is 0 Å². The van der Waals surface area contributed by atoms with Crippen LogP contribution in [0, 0.1) is 0 Å². The minimum atomic E-state index is -0.423. The van der Waals surface area contributed by atoms with Crippen molar-refractivity contribution in [3.8, 4) is 0 Å². The summed E-state index contributed by atoms with van der Waals surface area (Å²) in [5.74, 6) is -0.847. The van der Waals surface area contributed by atoms with E-state index in [2.05, 4.69) is 13.8 Å². The Labute approximate surface area is 323 Å². The SMILES string of the molecule is CCCCCCCCCCCCCCCCCCCCOC(=O)c1ccccc1C(=O)OCCCCCCCCCCCCCCCCCCCC. The number of carbonyl (C=O) groups excluding carboxylic acids is 2. The van der Waals surface area contributed by atoms with Crippen LogP contribution in [0.1, 0.15) is 266 Å². The molecular formula is C48H86O4. The Morgan fingerprint density at radius 3 is 0.731 bits per heavy atom. The second-order valence-corrected chi connectivity index (χ2v) is 15.8. The van der Waals surface area contributed by atoms with Crippen molar-refractivity contribution < 1.29 is 19.1 Å². The largest absolute Gasteiger partial charge is 0.462 e. The zero-order chi connectivity index (χ0) is 37.4. The van der Waals surface area contributed by atoms with Gasteiger partial charge in [-0.15, -0.1) is 0 Å². The summed E-state index contributed by atoms with van der Waals surface area (Å²) >= 11 is 0. The van der Waals surface area contributed by atoms with Crippen molar-refractivity contribution in [2.24, 2.45) is 0 Å². The minimum absolute atomic E-state index is 0.313. The maximum Gasteiger partial charge on any atom is 0.339 e. The van der Waals surface area contributed by atoms with Gasteiger partial charge in [-0.1, -0.05) is 244 Å². The number of carbonyl (C=O) groups is 2. The smallest absolute Gasteiger partial charge is 0.339 e. The summed E-state index contributed by atoms with van der Waals surface area (Å²) in [5, 5.41) is 0. The summed E-state index contributed by atoms with van der Waals surface area (Å²) in [6.45, 7) is 5.38. The third-order valence-electron chi connectivity index (χ3n) is 10.8. The van der Waals surface area contributed by atoms with Crippen LogP contribution in [0.5, 0.6) is 0 Å². The summed E-state index contributed by atoms with van der Waals surface area (Å²) in [6.07, 6.45) is 48.0. The Kier molecular flexibility index (Phi) is 36.0. The molecule has 4 nitrogen and oxygen atoms in total. The van der Waals surface area contributed by atoms with E-state index in [1.54, 1.807) is 24.3 Å². The van der Waals surface area contributed by atoms with Crippen molar-refractivity contribution in [1.29, 1.82) is 0 Å². The molecule has 0 aliphatic rings. The average Bonchev–Trinajstić information content (AvgIpc) is 3.16. The fourth-order valence-electron chi connectivity index (χ4n) is 7.33. The second-order valence-electron chi connectivity index (χ2n) is 15.8. The summed E-state index contributed by atoms with van der Waals surface area (Å²) < 4.78 is 11.1. The lowest BCUT2D eigenvalue weighted by Crippen LogP contribution is -2.15. The number of hydrogen-bond acceptors (Lipinski definition) is 4. The average molecular weight is 727 g/mol. The van der Waals surface area contributed by atoms with Gasteiger partial charge in [-0.25, -0.2) is 9.59 Å². The first-order valence-corrected chi connectivity index (χ1v) is 23.1. The highest BCUT2D eigenvalue weighted by atomic mass is 16.5. The van der Waals surface area contributed by atoms with Crippen molar-refractivity contribution in [2.45, 2.75) is 245 Å². The number of esters is 2. The molecule has 0 radical (unpaired) electrons. The van der Waals surface area contributed by atoms with Crippen LogP contribution < -0.4 is 0 Å². The quantitative estimate of drug-likeness (QED) is 0.0499. The third-order valence-corrected chi connectivity index (χ3v) is 10.8. The summed E-state index contributed by atoms with van der Waals surface area (Å²) in [6, 6.07) is 6.90. The maximum absolute atomic E-state index is 12.8. The van der Waals surface area contributed by atoms with Gasteiger partial charge < -0.3 is 9.47 Å². The molecule has 0 fully saturated rings. The Balaban J connectivity index is 1.95. The van der Waals surface area contributed by atoms with E-state index < -0.39 is 11.9 Å². The minimum Gasteiger partial charge on any atom is -0.462 e. The van der Waals surface area contributed by atoms with Gasteiger partial charge in [0.15, 0.2) is 0 Å². The molecule has 0 aliphatic heterocycles. The summed E-state index contributed by atoms with van der Waals surface area (Å²) in [5.41, 5.74) is 0.625. The van der Waals surface area contributed by atoms with E-state index in [1.807, 2.05) is 0 Å². The lowest BCUT2D eigenvalue weighted by Gasteiger charge is -2.10. The molecule has 0 saturated carbocycles. The number of ether oxygens (including phenoxy) is 2. The van der Waals surface area contributed by atoms with Crippen molar-refractivity contribution in [3.05, 3.63) is 35.4 Å². The Bertz CT molecular complexity index is 838. The fraction of sp³-hybridized carbons (Fsp3) is 0.833. The van der Waals surface area contributed by atoms with Gasteiger partial charge in [0.2, 0.25) is 0 Å². The zero-order valence-electron chi connectivity index (χ0n) is 34.8. The van der Waals surface area contributed by atoms with Gasteiger partial charge in [-0.05, 0) is 25.0 Å². The van der Waals surface area contributed by atoms with E-state index in [-0.39, 0.29) is 0 Å². The van der Waals surface area contributed by atoms with Crippen molar-refractivity contribution in [1.82, 2.24) is 0 Å². The van der Waals surface area contributed by atoms with Crippen LogP contribution >= 0.6 is 0 Å². The predicted octanol–water partition coefficient (Wildman–Crippen LogP) is 16.1. The lowest BCUT2D eigenvalue weighted by atomic mass is 10.0. The lowest BCUT2D eigenvalue weighted by molar-refractivity contribution is 0.0450. The number of benzene rings is 1. The van der Waals surface area contributed by atoms with Crippen LogP contribution in [-0.4, -0.2) is 25.2 Å². The molecule has 1 aromatic carbocycles. The van der Waals surface area contributed by atoms with Gasteiger partial charge in [-0.2, -0.15) is 0 Å². The van der Waals surface area contributed by atoms with E-state index >= 15 is 0 Å². The number of hydrogen-bond donors (Lipinski definition) is 0. The summed E-state index contributed by atoms with van der Waals surface area (Å²) in [7, 11) is 0. The van der Waals surface area contributed by atoms with E-state index in [4.69, 9.17) is 9.47 Å². The van der Waals surface area contributed by atoms with Gasteiger partial charge in [-0.3, -0.25) is 0 Å². The molecule has 0 heterocycles. The monoisotopic (exact) mass is 727 g/mol. The van der Waals surface area contributed by atoms with Crippen LogP contribution in [0.4, 0.5) is 0 Å². The van der Waals surface area contributed by atoms with Crippen LogP contribution in [0.3, 0.4) is 0 Å². The predicted molar refractivity (Wildman–Crippen MR) is 225 cm³/mol. The molecule has 0 N–H and O–H groups in total. The molecule has 1 aromatic rings. The molecule has 0 amide bonds. The molecule has 302 valence electrons. The normalized spacial score (nSPS) is 11.3. The van der Waals surface area contributed by atoms with Crippen molar-refractivity contribution in [3.63, 3.8) is 0 Å². The Morgan fingerprint density at radius 1 is 0.327 bits per heavy atom. The molecule has 0 bridgehead atoms. The molecule has 0 atom stereocenters. The van der Waals surface area contributed by atoms with E-state index in [9.17, 15) is 9.59 Å². The number of unbranched alkanes of at least 4 members (excludes halogenated alkanes) is 34. The maximum atomic E-state index is 12.8. The third kappa shape index (κ3) is 30.6. The second kappa shape index (κ2) is 38.9. The van der Waals surface area contributed by atoms with Gasteiger partial charge in [0.1, 0.15) is 0 Å². The highest BCUT2D eigenvalue weighted by Gasteiger charge is 2.18. The topological polar surface area (TPSA) is 52.6 Å². The van der Waals surface area contributed by atoms with Gasteiger partial charge in [0, 0.05) is 0 Å². The first-order valence-electron chi connectivity index (χ1n) is 23.1. The molecule has 0 spiro atoms. The van der Waals surface area contributed by atoms with Crippen LogP contribution in [0.2, 0.25) is 0 Å². The molecule has 4 heteroatoms. The molecule has 0 aliphatic carbocycles. The molecule has 0 aromatic heterocycles. The number of rotatable bonds is 40. The van der Waals surface area contributed by atoms with Gasteiger partial charge in [0.25, 0.3) is 0 Å². The molecular weight excluding hydrogens is 641 g/mol. The standard InChI is InChI=1S/C48H86O4/c1-3-5-7-9-11-13-15-17-19-21-23-25-27-29-31-33-35-39-43-51-47(49)45-41-37-38-42-46(45)48(50)52-44-40-36-34-32-30-28-26-24-22-20-18-16-14-12-10-8-6-4-2/h37-38,41-42H,3-36,39-40,43-44H2,1-2H3. The highest BCUT2D eigenvalue weighted by Crippen LogP contribution is 2.17. The van der Waals surface area contributed by atoms with Crippen LogP contribution in [0.15, 0.2) is 24.3 Å². The zero-order valence-corrected chi connectivity index (χ0v) is 34.8. The highest BCUT2D eigenvalue weighted by molar-refractivity contribution is 6.03. The first-order chi connectivity index (χ1) is 25.7. The molecule has 52 heavy (non-hydrogen) atoms. The van der Waals surface area contributed by atoms with E-state index in [0.717, 1.165) is 25.7 Å². The molecule has 1 rings (SSSR count). The Hall–Kier alpha value is -1.84. The summed E-state index contributed by atoms with van der Waals surface area (Å²) in [4.78, 5) is 25.5.